The molecule has 0 fully saturated rings. The topological polar surface area (TPSA) is 37.8 Å². The van der Waals surface area contributed by atoms with Crippen molar-refractivity contribution in [2.75, 3.05) is 6.54 Å². The van der Waals surface area contributed by atoms with Gasteiger partial charge < -0.3 is 5.32 Å². The summed E-state index contributed by atoms with van der Waals surface area (Å²) < 4.78 is 0. The van der Waals surface area contributed by atoms with Crippen LogP contribution in [-0.4, -0.2) is 16.5 Å². The largest absolute Gasteiger partial charge is 0.311 e. The van der Waals surface area contributed by atoms with Crippen molar-refractivity contribution in [3.63, 3.8) is 0 Å². The Hall–Kier alpha value is -1.39. The van der Waals surface area contributed by atoms with Gasteiger partial charge in [0.05, 0.1) is 11.4 Å². The van der Waals surface area contributed by atoms with E-state index >= 15 is 0 Å². The second kappa shape index (κ2) is 7.26. The summed E-state index contributed by atoms with van der Waals surface area (Å²) in [5.74, 6) is 1.70. The molecule has 100 valence electrons. The Balaban J connectivity index is 1.93. The van der Waals surface area contributed by atoms with Crippen LogP contribution in [0.2, 0.25) is 0 Å². The third-order valence-corrected chi connectivity index (χ3v) is 3.72. The molecule has 2 aromatic rings. The molecule has 19 heavy (non-hydrogen) atoms. The van der Waals surface area contributed by atoms with E-state index in [0.29, 0.717) is 0 Å². The summed E-state index contributed by atoms with van der Waals surface area (Å²) in [7, 11) is 0. The van der Waals surface area contributed by atoms with Gasteiger partial charge in [0.1, 0.15) is 5.82 Å². The van der Waals surface area contributed by atoms with Crippen molar-refractivity contribution in [1.29, 1.82) is 0 Å². The molecule has 4 heteroatoms. The van der Waals surface area contributed by atoms with Crippen LogP contribution in [0.5, 0.6) is 0 Å². The first kappa shape index (κ1) is 14.0. The van der Waals surface area contributed by atoms with Gasteiger partial charge >= 0.3 is 0 Å². The average Bonchev–Trinajstić information content (AvgIpc) is 2.45. The highest BCUT2D eigenvalue weighted by Gasteiger charge is 2.01. The van der Waals surface area contributed by atoms with E-state index in [-0.39, 0.29) is 0 Å². The van der Waals surface area contributed by atoms with Gasteiger partial charge in [0.2, 0.25) is 0 Å². The van der Waals surface area contributed by atoms with Gasteiger partial charge in [0.25, 0.3) is 0 Å². The van der Waals surface area contributed by atoms with E-state index in [1.807, 2.05) is 12.3 Å². The van der Waals surface area contributed by atoms with Gasteiger partial charge in [-0.05, 0) is 31.7 Å². The highest BCUT2D eigenvalue weighted by Crippen LogP contribution is 2.21. The Kier molecular flexibility index (Phi) is 5.36. The maximum Gasteiger partial charge on any atom is 0.138 e. The number of benzene rings is 1. The van der Waals surface area contributed by atoms with E-state index in [2.05, 4.69) is 53.4 Å². The summed E-state index contributed by atoms with van der Waals surface area (Å²) in [4.78, 5) is 10.1. The molecule has 0 aliphatic heterocycles. The molecule has 0 atom stereocenters. The van der Waals surface area contributed by atoms with Crippen LogP contribution < -0.4 is 5.32 Å². The summed E-state index contributed by atoms with van der Waals surface area (Å²) in [6.07, 6.45) is 1.84. The lowest BCUT2D eigenvalue weighted by atomic mass is 10.2. The molecular weight excluding hydrogens is 254 g/mol. The number of nitrogens with zero attached hydrogens (tertiary/aromatic N) is 2. The molecule has 1 aromatic heterocycles. The molecule has 0 unspecified atom stereocenters. The first-order valence-corrected chi connectivity index (χ1v) is 7.47. The summed E-state index contributed by atoms with van der Waals surface area (Å²) >= 11 is 1.77. The van der Waals surface area contributed by atoms with E-state index in [9.17, 15) is 0 Å². The van der Waals surface area contributed by atoms with Crippen LogP contribution in [0.1, 0.15) is 24.0 Å². The van der Waals surface area contributed by atoms with Crippen molar-refractivity contribution in [3.8, 4) is 0 Å². The Morgan fingerprint density at radius 1 is 1.16 bits per heavy atom. The van der Waals surface area contributed by atoms with Gasteiger partial charge in [0.15, 0.2) is 0 Å². The quantitative estimate of drug-likeness (QED) is 0.820. The molecule has 1 aromatic carbocycles. The Morgan fingerprint density at radius 2 is 1.95 bits per heavy atom. The van der Waals surface area contributed by atoms with Gasteiger partial charge in [-0.2, -0.15) is 0 Å². The molecule has 2 rings (SSSR count). The summed E-state index contributed by atoms with van der Waals surface area (Å²) in [6, 6.07) is 10.5. The van der Waals surface area contributed by atoms with Gasteiger partial charge in [0, 0.05) is 17.6 Å². The fraction of sp³-hybridized carbons (Fsp3) is 0.333. The van der Waals surface area contributed by atoms with Crippen LogP contribution >= 0.6 is 11.8 Å². The number of hydrogen-bond acceptors (Lipinski definition) is 4. The van der Waals surface area contributed by atoms with Crippen LogP contribution in [0.15, 0.2) is 41.4 Å². The fourth-order valence-electron chi connectivity index (χ4n) is 1.64. The van der Waals surface area contributed by atoms with Crippen molar-refractivity contribution in [2.24, 2.45) is 0 Å². The van der Waals surface area contributed by atoms with Crippen LogP contribution in [0, 0.1) is 6.92 Å². The zero-order valence-electron chi connectivity index (χ0n) is 11.4. The second-order valence-electron chi connectivity index (χ2n) is 4.35. The molecule has 0 saturated carbocycles. The minimum Gasteiger partial charge on any atom is -0.311 e. The minimum absolute atomic E-state index is 0.807. The van der Waals surface area contributed by atoms with Crippen LogP contribution in [0.4, 0.5) is 0 Å². The number of aromatic nitrogens is 2. The molecule has 0 spiro atoms. The molecular formula is C15H19N3S. The Labute approximate surface area is 118 Å². The normalized spacial score (nSPS) is 10.6. The van der Waals surface area contributed by atoms with Gasteiger partial charge in [-0.25, -0.2) is 9.97 Å². The molecule has 3 nitrogen and oxygen atoms in total. The lowest BCUT2D eigenvalue weighted by molar-refractivity contribution is 0.704. The van der Waals surface area contributed by atoms with E-state index < -0.39 is 0 Å². The smallest absolute Gasteiger partial charge is 0.138 e. The zero-order chi connectivity index (χ0) is 13.5. The predicted octanol–water partition coefficient (Wildman–Crippen LogP) is 3.19. The van der Waals surface area contributed by atoms with Crippen molar-refractivity contribution in [1.82, 2.24) is 15.3 Å². The van der Waals surface area contributed by atoms with E-state index in [1.54, 1.807) is 11.8 Å². The number of aryl methyl sites for hydroxylation is 1. The zero-order valence-corrected chi connectivity index (χ0v) is 12.2. The third-order valence-electron chi connectivity index (χ3n) is 2.71. The van der Waals surface area contributed by atoms with Crippen molar-refractivity contribution in [2.45, 2.75) is 31.0 Å². The third kappa shape index (κ3) is 4.65. The molecule has 0 aliphatic rings. The summed E-state index contributed by atoms with van der Waals surface area (Å²) in [6.45, 7) is 5.95. The molecule has 0 saturated heterocycles. The van der Waals surface area contributed by atoms with Crippen molar-refractivity contribution >= 4 is 11.8 Å². The van der Waals surface area contributed by atoms with Crippen LogP contribution in [-0.2, 0) is 12.3 Å². The van der Waals surface area contributed by atoms with Crippen LogP contribution in [0.3, 0.4) is 0 Å². The average molecular weight is 273 g/mol. The predicted molar refractivity (Wildman–Crippen MR) is 80.2 cm³/mol. The number of thioether (sulfide) groups is 1. The second-order valence-corrected chi connectivity index (χ2v) is 5.40. The highest BCUT2D eigenvalue weighted by atomic mass is 32.2. The standard InChI is InChI=1S/C15H19N3S/c1-3-16-10-13-8-9-17-15(18-13)11-19-14-6-4-12(2)5-7-14/h4-9,16H,3,10-11H2,1-2H3. The van der Waals surface area contributed by atoms with E-state index in [1.165, 1.54) is 10.5 Å². The number of hydrogen-bond donors (Lipinski definition) is 1. The van der Waals surface area contributed by atoms with Crippen LogP contribution in [0.25, 0.3) is 0 Å². The van der Waals surface area contributed by atoms with Crippen molar-refractivity contribution in [3.05, 3.63) is 53.6 Å². The van der Waals surface area contributed by atoms with Gasteiger partial charge in [-0.1, -0.05) is 24.6 Å². The first-order valence-electron chi connectivity index (χ1n) is 6.49. The maximum absolute atomic E-state index is 4.55. The van der Waals surface area contributed by atoms with E-state index in [4.69, 9.17) is 0 Å². The lowest BCUT2D eigenvalue weighted by Crippen LogP contribution is -2.13. The van der Waals surface area contributed by atoms with Crippen molar-refractivity contribution < 1.29 is 0 Å². The Bertz CT molecular complexity index is 511. The monoisotopic (exact) mass is 273 g/mol. The molecule has 0 radical (unpaired) electrons. The number of rotatable bonds is 6. The molecule has 0 amide bonds. The molecule has 1 N–H and O–H groups in total. The molecule has 0 bridgehead atoms. The minimum atomic E-state index is 0.807. The molecule has 0 aliphatic carbocycles. The Morgan fingerprint density at radius 3 is 2.68 bits per heavy atom. The lowest BCUT2D eigenvalue weighted by Gasteiger charge is -2.04. The van der Waals surface area contributed by atoms with E-state index in [0.717, 1.165) is 30.4 Å². The summed E-state index contributed by atoms with van der Waals surface area (Å²) in [5.41, 5.74) is 2.34. The number of nitrogens with one attached hydrogen (secondary N) is 1. The fourth-order valence-corrected chi connectivity index (χ4v) is 2.41. The molecule has 1 heterocycles. The summed E-state index contributed by atoms with van der Waals surface area (Å²) in [5, 5.41) is 3.27. The SMILES string of the molecule is CCNCc1ccnc(CSc2ccc(C)cc2)n1. The van der Waals surface area contributed by atoms with Gasteiger partial charge in [-0.3, -0.25) is 0 Å². The first-order chi connectivity index (χ1) is 9.28. The highest BCUT2D eigenvalue weighted by molar-refractivity contribution is 7.98. The van der Waals surface area contributed by atoms with Gasteiger partial charge in [-0.15, -0.1) is 11.8 Å². The maximum atomic E-state index is 4.55.